The van der Waals surface area contributed by atoms with E-state index in [0.29, 0.717) is 19.3 Å². The number of hydrogen-bond donors (Lipinski definition) is 1. The van der Waals surface area contributed by atoms with Gasteiger partial charge in [0, 0.05) is 6.04 Å². The number of hydrogen-bond acceptors (Lipinski definition) is 3. The molecule has 1 unspecified atom stereocenters. The third kappa shape index (κ3) is 3.03. The summed E-state index contributed by atoms with van der Waals surface area (Å²) in [5, 5.41) is 3.35. The number of fused-ring (bicyclic) bond motifs is 1. The highest BCUT2D eigenvalue weighted by molar-refractivity contribution is 5.45. The molecule has 18 heavy (non-hydrogen) atoms. The summed E-state index contributed by atoms with van der Waals surface area (Å²) in [7, 11) is 2.02. The van der Waals surface area contributed by atoms with Gasteiger partial charge in [0.1, 0.15) is 12.4 Å². The monoisotopic (exact) mass is 249 g/mol. The molecular formula is C15H23NO2. The van der Waals surface area contributed by atoms with Crippen LogP contribution in [0.3, 0.4) is 0 Å². The lowest BCUT2D eigenvalue weighted by atomic mass is 10.1. The molecule has 0 bridgehead atoms. The van der Waals surface area contributed by atoms with Crippen molar-refractivity contribution in [1.29, 1.82) is 0 Å². The zero-order chi connectivity index (χ0) is 13.0. The zero-order valence-electron chi connectivity index (χ0n) is 11.5. The summed E-state index contributed by atoms with van der Waals surface area (Å²) in [6.07, 6.45) is 2.53. The van der Waals surface area contributed by atoms with E-state index in [0.717, 1.165) is 18.6 Å². The summed E-state index contributed by atoms with van der Waals surface area (Å²) in [6.45, 7) is 5.35. The Labute approximate surface area is 109 Å². The lowest BCUT2D eigenvalue weighted by Gasteiger charge is -2.13. The fourth-order valence-electron chi connectivity index (χ4n) is 2.49. The summed E-state index contributed by atoms with van der Waals surface area (Å²) < 4.78 is 11.3. The van der Waals surface area contributed by atoms with Crippen LogP contribution in [0.2, 0.25) is 0 Å². The van der Waals surface area contributed by atoms with Crippen molar-refractivity contribution in [2.24, 2.45) is 0 Å². The molecule has 1 aliphatic rings. The molecule has 1 aromatic rings. The van der Waals surface area contributed by atoms with Crippen LogP contribution in [0.25, 0.3) is 0 Å². The van der Waals surface area contributed by atoms with Crippen molar-refractivity contribution in [2.75, 3.05) is 20.3 Å². The van der Waals surface area contributed by atoms with Gasteiger partial charge < -0.3 is 14.8 Å². The van der Waals surface area contributed by atoms with Crippen LogP contribution in [0.4, 0.5) is 0 Å². The van der Waals surface area contributed by atoms with Gasteiger partial charge in [-0.2, -0.15) is 0 Å². The number of nitrogens with one attached hydrogen (secondary N) is 1. The summed E-state index contributed by atoms with van der Waals surface area (Å²) in [6, 6.07) is 6.82. The second-order valence-corrected chi connectivity index (χ2v) is 4.97. The standard InChI is InChI=1S/C15H23NO2/c1-11(2)17-9-10-18-15-6-4-5-12-13(15)7-8-14(12)16-3/h4-6,11,14,16H,7-10H2,1-3H3. The molecule has 0 aliphatic heterocycles. The largest absolute Gasteiger partial charge is 0.491 e. The van der Waals surface area contributed by atoms with Gasteiger partial charge in [-0.25, -0.2) is 0 Å². The highest BCUT2D eigenvalue weighted by Crippen LogP contribution is 2.36. The van der Waals surface area contributed by atoms with Crippen LogP contribution in [-0.4, -0.2) is 26.4 Å². The van der Waals surface area contributed by atoms with Crippen LogP contribution in [0, 0.1) is 0 Å². The molecule has 3 nitrogen and oxygen atoms in total. The van der Waals surface area contributed by atoms with Crippen LogP contribution in [0.5, 0.6) is 5.75 Å². The third-order valence-corrected chi connectivity index (χ3v) is 3.37. The first kappa shape index (κ1) is 13.4. The van der Waals surface area contributed by atoms with Crippen molar-refractivity contribution in [3.8, 4) is 5.75 Å². The Morgan fingerprint density at radius 1 is 1.33 bits per heavy atom. The number of rotatable bonds is 6. The average Bonchev–Trinajstić information content (AvgIpc) is 2.78. The first-order valence-corrected chi connectivity index (χ1v) is 6.76. The average molecular weight is 249 g/mol. The Hall–Kier alpha value is -1.06. The molecule has 3 heteroatoms. The molecular weight excluding hydrogens is 226 g/mol. The molecule has 0 saturated heterocycles. The molecule has 0 amide bonds. The van der Waals surface area contributed by atoms with Gasteiger partial charge in [0.25, 0.3) is 0 Å². The topological polar surface area (TPSA) is 30.5 Å². The first-order chi connectivity index (χ1) is 8.72. The quantitative estimate of drug-likeness (QED) is 0.786. The normalized spacial score (nSPS) is 18.1. The van der Waals surface area contributed by atoms with Gasteiger partial charge in [-0.3, -0.25) is 0 Å². The van der Waals surface area contributed by atoms with Crippen molar-refractivity contribution < 1.29 is 9.47 Å². The Morgan fingerprint density at radius 3 is 2.89 bits per heavy atom. The van der Waals surface area contributed by atoms with E-state index in [-0.39, 0.29) is 6.10 Å². The predicted molar refractivity (Wildman–Crippen MR) is 73.1 cm³/mol. The minimum Gasteiger partial charge on any atom is -0.491 e. The SMILES string of the molecule is CNC1CCc2c(OCCOC(C)C)cccc21. The second kappa shape index (κ2) is 6.21. The van der Waals surface area contributed by atoms with E-state index in [9.17, 15) is 0 Å². The van der Waals surface area contributed by atoms with Crippen molar-refractivity contribution in [2.45, 2.75) is 38.8 Å². The van der Waals surface area contributed by atoms with Crippen LogP contribution >= 0.6 is 0 Å². The lowest BCUT2D eigenvalue weighted by molar-refractivity contribution is 0.0551. The Balaban J connectivity index is 1.96. The van der Waals surface area contributed by atoms with Gasteiger partial charge in [0.2, 0.25) is 0 Å². The maximum absolute atomic E-state index is 5.84. The van der Waals surface area contributed by atoms with E-state index in [1.165, 1.54) is 11.1 Å². The Bertz CT molecular complexity index is 390. The summed E-state index contributed by atoms with van der Waals surface area (Å²) >= 11 is 0. The van der Waals surface area contributed by atoms with Gasteiger partial charge in [-0.05, 0) is 50.9 Å². The van der Waals surface area contributed by atoms with Crippen LogP contribution in [0.15, 0.2) is 18.2 Å². The fraction of sp³-hybridized carbons (Fsp3) is 0.600. The smallest absolute Gasteiger partial charge is 0.122 e. The first-order valence-electron chi connectivity index (χ1n) is 6.76. The molecule has 1 atom stereocenters. The minimum absolute atomic E-state index is 0.267. The Kier molecular flexibility index (Phi) is 4.61. The lowest BCUT2D eigenvalue weighted by Crippen LogP contribution is -2.13. The van der Waals surface area contributed by atoms with Gasteiger partial charge >= 0.3 is 0 Å². The van der Waals surface area contributed by atoms with Crippen LogP contribution in [0.1, 0.15) is 37.4 Å². The van der Waals surface area contributed by atoms with Crippen molar-refractivity contribution in [3.63, 3.8) is 0 Å². The third-order valence-electron chi connectivity index (χ3n) is 3.37. The molecule has 0 fully saturated rings. The summed E-state index contributed by atoms with van der Waals surface area (Å²) in [5.41, 5.74) is 2.75. The van der Waals surface area contributed by atoms with Gasteiger partial charge in [0.15, 0.2) is 0 Å². The molecule has 0 spiro atoms. The van der Waals surface area contributed by atoms with Crippen molar-refractivity contribution in [3.05, 3.63) is 29.3 Å². The molecule has 0 aromatic heterocycles. The summed E-state index contributed by atoms with van der Waals surface area (Å²) in [5.74, 6) is 1.03. The molecule has 0 heterocycles. The predicted octanol–water partition coefficient (Wildman–Crippen LogP) is 2.70. The molecule has 100 valence electrons. The highest BCUT2D eigenvalue weighted by Gasteiger charge is 2.23. The van der Waals surface area contributed by atoms with E-state index in [4.69, 9.17) is 9.47 Å². The van der Waals surface area contributed by atoms with E-state index in [2.05, 4.69) is 23.5 Å². The van der Waals surface area contributed by atoms with Gasteiger partial charge in [0.05, 0.1) is 12.7 Å². The van der Waals surface area contributed by atoms with E-state index >= 15 is 0 Å². The maximum Gasteiger partial charge on any atom is 0.122 e. The molecule has 1 aliphatic carbocycles. The zero-order valence-corrected chi connectivity index (χ0v) is 11.5. The highest BCUT2D eigenvalue weighted by atomic mass is 16.5. The van der Waals surface area contributed by atoms with Crippen molar-refractivity contribution >= 4 is 0 Å². The number of benzene rings is 1. The van der Waals surface area contributed by atoms with Gasteiger partial charge in [-0.1, -0.05) is 12.1 Å². The molecule has 0 saturated carbocycles. The summed E-state index contributed by atoms with van der Waals surface area (Å²) in [4.78, 5) is 0. The fourth-order valence-corrected chi connectivity index (χ4v) is 2.49. The molecule has 2 rings (SSSR count). The second-order valence-electron chi connectivity index (χ2n) is 4.97. The number of ether oxygens (including phenoxy) is 2. The van der Waals surface area contributed by atoms with E-state index in [1.54, 1.807) is 0 Å². The molecule has 1 N–H and O–H groups in total. The molecule has 0 radical (unpaired) electrons. The van der Waals surface area contributed by atoms with E-state index < -0.39 is 0 Å². The maximum atomic E-state index is 5.84. The molecule has 1 aromatic carbocycles. The Morgan fingerprint density at radius 2 is 2.17 bits per heavy atom. The van der Waals surface area contributed by atoms with Crippen LogP contribution < -0.4 is 10.1 Å². The van der Waals surface area contributed by atoms with Gasteiger partial charge in [-0.15, -0.1) is 0 Å². The minimum atomic E-state index is 0.267. The van der Waals surface area contributed by atoms with E-state index in [1.807, 2.05) is 20.9 Å². The van der Waals surface area contributed by atoms with Crippen molar-refractivity contribution in [1.82, 2.24) is 5.32 Å². The van der Waals surface area contributed by atoms with Crippen LogP contribution in [-0.2, 0) is 11.2 Å².